The maximum Gasteiger partial charge on any atom is 0.228 e. The minimum Gasteiger partial charge on any atom is -0.339 e. The number of nitrogens with zero attached hydrogens (tertiary/aromatic N) is 2. The standard InChI is InChI=1S/C14H16BrF2N3O/c1-3-8(18-4-2)7-11-19-14(20-21-11)9-5-6-10(16)13(17)12(9)15/h5-6,8,18H,3-4,7H2,1-2H3. The first-order chi connectivity index (χ1) is 10.1. The fraction of sp³-hybridized carbons (Fsp3) is 0.429. The Morgan fingerprint density at radius 1 is 1.33 bits per heavy atom. The van der Waals surface area contributed by atoms with Gasteiger partial charge in [0.25, 0.3) is 0 Å². The van der Waals surface area contributed by atoms with Crippen LogP contribution in [0.1, 0.15) is 26.2 Å². The second-order valence-corrected chi connectivity index (χ2v) is 5.39. The monoisotopic (exact) mass is 359 g/mol. The van der Waals surface area contributed by atoms with Crippen molar-refractivity contribution in [2.75, 3.05) is 6.54 Å². The molecule has 4 nitrogen and oxygen atoms in total. The highest BCUT2D eigenvalue weighted by atomic mass is 79.9. The zero-order valence-electron chi connectivity index (χ0n) is 11.8. The van der Waals surface area contributed by atoms with Gasteiger partial charge in [-0.25, -0.2) is 8.78 Å². The number of benzene rings is 1. The van der Waals surface area contributed by atoms with E-state index in [1.807, 2.05) is 6.92 Å². The summed E-state index contributed by atoms with van der Waals surface area (Å²) < 4.78 is 31.8. The largest absolute Gasteiger partial charge is 0.339 e. The van der Waals surface area contributed by atoms with E-state index < -0.39 is 11.6 Å². The Morgan fingerprint density at radius 3 is 2.76 bits per heavy atom. The van der Waals surface area contributed by atoms with E-state index in [4.69, 9.17) is 4.52 Å². The number of rotatable bonds is 6. The van der Waals surface area contributed by atoms with Crippen LogP contribution in [0.15, 0.2) is 21.1 Å². The highest BCUT2D eigenvalue weighted by molar-refractivity contribution is 9.10. The minimum atomic E-state index is -0.960. The highest BCUT2D eigenvalue weighted by Gasteiger charge is 2.18. The number of likely N-dealkylation sites (N-methyl/N-ethyl adjacent to an activating group) is 1. The molecule has 7 heteroatoms. The van der Waals surface area contributed by atoms with Crippen LogP contribution in [0.2, 0.25) is 0 Å². The molecular formula is C14H16BrF2N3O. The van der Waals surface area contributed by atoms with Crippen molar-refractivity contribution in [3.63, 3.8) is 0 Å². The Kier molecular flexibility index (Phi) is 5.41. The molecule has 0 aliphatic heterocycles. The molecule has 2 aromatic rings. The third-order valence-corrected chi connectivity index (χ3v) is 3.93. The smallest absolute Gasteiger partial charge is 0.228 e. The van der Waals surface area contributed by atoms with Crippen LogP contribution in [0.4, 0.5) is 8.78 Å². The van der Waals surface area contributed by atoms with Gasteiger partial charge >= 0.3 is 0 Å². The fourth-order valence-corrected chi connectivity index (χ4v) is 2.50. The Morgan fingerprint density at radius 2 is 2.10 bits per heavy atom. The first-order valence-corrected chi connectivity index (χ1v) is 7.55. The van der Waals surface area contributed by atoms with Gasteiger partial charge in [0.15, 0.2) is 11.6 Å². The van der Waals surface area contributed by atoms with Gasteiger partial charge in [0, 0.05) is 18.0 Å². The van der Waals surface area contributed by atoms with Crippen LogP contribution in [0.3, 0.4) is 0 Å². The first kappa shape index (κ1) is 16.0. The molecule has 1 aromatic carbocycles. The molecule has 0 aliphatic carbocycles. The second-order valence-electron chi connectivity index (χ2n) is 4.60. The van der Waals surface area contributed by atoms with Crippen molar-refractivity contribution < 1.29 is 13.3 Å². The van der Waals surface area contributed by atoms with Crippen LogP contribution in [0.5, 0.6) is 0 Å². The summed E-state index contributed by atoms with van der Waals surface area (Å²) in [5, 5.41) is 7.14. The van der Waals surface area contributed by atoms with E-state index in [1.165, 1.54) is 6.07 Å². The molecule has 0 saturated carbocycles. The van der Waals surface area contributed by atoms with Gasteiger partial charge in [0.05, 0.1) is 4.47 Å². The molecule has 1 N–H and O–H groups in total. The quantitative estimate of drug-likeness (QED) is 0.798. The maximum absolute atomic E-state index is 13.5. The third kappa shape index (κ3) is 3.65. The van der Waals surface area contributed by atoms with Crippen LogP contribution < -0.4 is 5.32 Å². The maximum atomic E-state index is 13.5. The van der Waals surface area contributed by atoms with Crippen LogP contribution >= 0.6 is 15.9 Å². The van der Waals surface area contributed by atoms with Gasteiger partial charge in [0.2, 0.25) is 11.7 Å². The van der Waals surface area contributed by atoms with Crippen molar-refractivity contribution in [2.24, 2.45) is 0 Å². The normalized spacial score (nSPS) is 12.6. The van der Waals surface area contributed by atoms with Gasteiger partial charge in [-0.1, -0.05) is 19.0 Å². The first-order valence-electron chi connectivity index (χ1n) is 6.76. The van der Waals surface area contributed by atoms with Crippen molar-refractivity contribution in [3.05, 3.63) is 34.1 Å². The molecule has 1 aromatic heterocycles. The van der Waals surface area contributed by atoms with E-state index >= 15 is 0 Å². The minimum absolute atomic E-state index is 0.00595. The number of aromatic nitrogens is 2. The molecule has 0 saturated heterocycles. The molecule has 0 amide bonds. The molecular weight excluding hydrogens is 344 g/mol. The lowest BCUT2D eigenvalue weighted by molar-refractivity contribution is 0.355. The number of hydrogen-bond donors (Lipinski definition) is 1. The van der Waals surface area contributed by atoms with E-state index in [1.54, 1.807) is 0 Å². The van der Waals surface area contributed by atoms with Gasteiger partial charge in [-0.05, 0) is 41.0 Å². The van der Waals surface area contributed by atoms with Gasteiger partial charge in [-0.3, -0.25) is 0 Å². The molecule has 0 spiro atoms. The lowest BCUT2D eigenvalue weighted by Crippen LogP contribution is -2.30. The molecule has 0 aliphatic rings. The molecule has 1 unspecified atom stereocenters. The van der Waals surface area contributed by atoms with Crippen LogP contribution in [0.25, 0.3) is 11.4 Å². The summed E-state index contributed by atoms with van der Waals surface area (Å²) in [4.78, 5) is 4.25. The van der Waals surface area contributed by atoms with Crippen LogP contribution in [-0.4, -0.2) is 22.7 Å². The summed E-state index contributed by atoms with van der Waals surface area (Å²) >= 11 is 3.02. The molecule has 1 heterocycles. The van der Waals surface area contributed by atoms with E-state index in [9.17, 15) is 8.78 Å². The van der Waals surface area contributed by atoms with Gasteiger partial charge < -0.3 is 9.84 Å². The summed E-state index contributed by atoms with van der Waals surface area (Å²) in [7, 11) is 0. The highest BCUT2D eigenvalue weighted by Crippen LogP contribution is 2.30. The number of halogens is 3. The molecule has 2 rings (SSSR count). The number of nitrogens with one attached hydrogen (secondary N) is 1. The Hall–Kier alpha value is -1.34. The van der Waals surface area contributed by atoms with E-state index in [2.05, 4.69) is 38.3 Å². The Balaban J connectivity index is 2.22. The lowest BCUT2D eigenvalue weighted by Gasteiger charge is -2.12. The molecule has 0 fully saturated rings. The fourth-order valence-electron chi connectivity index (χ4n) is 2.01. The predicted molar refractivity (Wildman–Crippen MR) is 78.8 cm³/mol. The zero-order chi connectivity index (χ0) is 15.4. The molecule has 114 valence electrons. The molecule has 1 atom stereocenters. The van der Waals surface area contributed by atoms with Gasteiger partial charge in [0.1, 0.15) is 0 Å². The Labute approximate surface area is 130 Å². The van der Waals surface area contributed by atoms with Crippen molar-refractivity contribution in [3.8, 4) is 11.4 Å². The summed E-state index contributed by atoms with van der Waals surface area (Å²) in [5.74, 6) is -1.18. The average Bonchev–Trinajstić information content (AvgIpc) is 2.92. The summed E-state index contributed by atoms with van der Waals surface area (Å²) in [6.07, 6.45) is 1.53. The lowest BCUT2D eigenvalue weighted by atomic mass is 10.1. The molecule has 0 radical (unpaired) electrons. The average molecular weight is 360 g/mol. The Bertz CT molecular complexity index is 618. The number of hydrogen-bond acceptors (Lipinski definition) is 4. The predicted octanol–water partition coefficient (Wildman–Crippen LogP) is 3.71. The molecule has 0 bridgehead atoms. The molecule has 21 heavy (non-hydrogen) atoms. The summed E-state index contributed by atoms with van der Waals surface area (Å²) in [5.41, 5.74) is 0.361. The van der Waals surface area contributed by atoms with Gasteiger partial charge in [-0.2, -0.15) is 4.98 Å². The summed E-state index contributed by atoms with van der Waals surface area (Å²) in [6.45, 7) is 4.95. The zero-order valence-corrected chi connectivity index (χ0v) is 13.4. The summed E-state index contributed by atoms with van der Waals surface area (Å²) in [6, 6.07) is 2.70. The van der Waals surface area contributed by atoms with Crippen LogP contribution in [-0.2, 0) is 6.42 Å². The van der Waals surface area contributed by atoms with E-state index in [-0.39, 0.29) is 16.3 Å². The van der Waals surface area contributed by atoms with Crippen molar-refractivity contribution in [1.29, 1.82) is 0 Å². The van der Waals surface area contributed by atoms with Crippen molar-refractivity contribution in [2.45, 2.75) is 32.7 Å². The third-order valence-electron chi connectivity index (χ3n) is 3.15. The second kappa shape index (κ2) is 7.09. The van der Waals surface area contributed by atoms with E-state index in [0.717, 1.165) is 19.0 Å². The van der Waals surface area contributed by atoms with E-state index in [0.29, 0.717) is 17.9 Å². The van der Waals surface area contributed by atoms with Crippen molar-refractivity contribution in [1.82, 2.24) is 15.5 Å². The van der Waals surface area contributed by atoms with Crippen molar-refractivity contribution >= 4 is 15.9 Å². The SMILES string of the molecule is CCNC(CC)Cc1nc(-c2ccc(F)c(F)c2Br)no1. The van der Waals surface area contributed by atoms with Crippen LogP contribution in [0, 0.1) is 11.6 Å². The topological polar surface area (TPSA) is 51.0 Å². The van der Waals surface area contributed by atoms with Gasteiger partial charge in [-0.15, -0.1) is 0 Å².